The summed E-state index contributed by atoms with van der Waals surface area (Å²) in [5, 5.41) is 0. The smallest absolute Gasteiger partial charge is 0.0716 e. The van der Waals surface area contributed by atoms with Crippen molar-refractivity contribution >= 4 is 13.4 Å². The maximum absolute atomic E-state index is 5.49. The Kier molecular flexibility index (Phi) is 2.53. The Morgan fingerprint density at radius 1 is 1.55 bits per heavy atom. The van der Waals surface area contributed by atoms with E-state index in [2.05, 4.69) is 12.6 Å². The number of hydrogen-bond acceptors (Lipinski definition) is 0. The molecular formula is C10H11B. The molecule has 0 unspecified atom stereocenters. The molecule has 0 fully saturated rings. The predicted molar refractivity (Wildman–Crippen MR) is 50.6 cm³/mol. The van der Waals surface area contributed by atoms with Crippen molar-refractivity contribution in [1.29, 1.82) is 0 Å². The van der Waals surface area contributed by atoms with Crippen molar-refractivity contribution in [1.82, 2.24) is 0 Å². The number of benzene rings is 1. The first kappa shape index (κ1) is 8.12. The summed E-state index contributed by atoms with van der Waals surface area (Å²) in [6, 6.07) is 8.14. The minimum atomic E-state index is 0.598. The fourth-order valence-corrected chi connectivity index (χ4v) is 0.964. The van der Waals surface area contributed by atoms with E-state index in [1.165, 1.54) is 5.56 Å². The fraction of sp³-hybridized carbons (Fsp3) is 0.200. The van der Waals surface area contributed by atoms with Gasteiger partial charge in [0.15, 0.2) is 0 Å². The van der Waals surface area contributed by atoms with E-state index >= 15 is 0 Å². The average molecular weight is 142 g/mol. The van der Waals surface area contributed by atoms with Crippen LogP contribution >= 0.6 is 0 Å². The molecule has 0 N–H and O–H groups in total. The second-order valence-electron chi connectivity index (χ2n) is 2.68. The number of allylic oxidation sites excluding steroid dienone is 1. The second-order valence-corrected chi connectivity index (χ2v) is 2.68. The predicted octanol–water partition coefficient (Wildman–Crippen LogP) is 2.39. The minimum Gasteiger partial charge on any atom is -0.0955 e. The first-order valence-corrected chi connectivity index (χ1v) is 3.69. The van der Waals surface area contributed by atoms with Crippen LogP contribution < -0.4 is 0 Å². The van der Waals surface area contributed by atoms with E-state index in [1.807, 2.05) is 25.1 Å². The molecule has 0 saturated heterocycles. The van der Waals surface area contributed by atoms with Crippen LogP contribution in [0, 0.1) is 0 Å². The van der Waals surface area contributed by atoms with Gasteiger partial charge in [-0.1, -0.05) is 48.3 Å². The molecule has 54 valence electrons. The van der Waals surface area contributed by atoms with Gasteiger partial charge in [-0.05, 0) is 12.5 Å². The third kappa shape index (κ3) is 1.97. The van der Waals surface area contributed by atoms with Crippen LogP contribution in [0.15, 0.2) is 30.8 Å². The van der Waals surface area contributed by atoms with Gasteiger partial charge < -0.3 is 0 Å². The summed E-state index contributed by atoms with van der Waals surface area (Å²) in [6.07, 6.45) is 0.598. The monoisotopic (exact) mass is 142 g/mol. The topological polar surface area (TPSA) is 0 Å². The lowest BCUT2D eigenvalue weighted by atomic mass is 9.94. The van der Waals surface area contributed by atoms with Crippen molar-refractivity contribution in [3.63, 3.8) is 0 Å². The first-order chi connectivity index (χ1) is 5.24. The summed E-state index contributed by atoms with van der Waals surface area (Å²) in [5.74, 6) is 0. The molecular weight excluding hydrogens is 131 g/mol. The van der Waals surface area contributed by atoms with Crippen molar-refractivity contribution in [2.75, 3.05) is 0 Å². The average Bonchev–Trinajstić information content (AvgIpc) is 2.05. The lowest BCUT2D eigenvalue weighted by molar-refractivity contribution is 1.38. The highest BCUT2D eigenvalue weighted by Gasteiger charge is 1.92. The molecule has 11 heavy (non-hydrogen) atoms. The standard InChI is InChI=1S/C10H11B/c1-8(2)10-5-3-4-9(6-10)7-11/h3-6H,1,7H2,2H3. The molecule has 0 aliphatic heterocycles. The highest BCUT2D eigenvalue weighted by Crippen LogP contribution is 2.12. The van der Waals surface area contributed by atoms with Gasteiger partial charge in [0.2, 0.25) is 0 Å². The van der Waals surface area contributed by atoms with E-state index in [-0.39, 0.29) is 0 Å². The second kappa shape index (κ2) is 3.43. The van der Waals surface area contributed by atoms with Gasteiger partial charge in [-0.25, -0.2) is 0 Å². The van der Waals surface area contributed by atoms with Crippen LogP contribution in [0.4, 0.5) is 0 Å². The molecule has 0 nitrogen and oxygen atoms in total. The zero-order valence-corrected chi connectivity index (χ0v) is 6.80. The van der Waals surface area contributed by atoms with Crippen molar-refractivity contribution in [2.24, 2.45) is 0 Å². The molecule has 0 aromatic heterocycles. The van der Waals surface area contributed by atoms with Gasteiger partial charge in [-0.15, -0.1) is 0 Å². The summed E-state index contributed by atoms with van der Waals surface area (Å²) in [6.45, 7) is 5.86. The normalized spacial score (nSPS) is 9.55. The van der Waals surface area contributed by atoms with E-state index in [0.29, 0.717) is 6.32 Å². The van der Waals surface area contributed by atoms with Gasteiger partial charge in [-0.3, -0.25) is 0 Å². The Balaban J connectivity index is 3.01. The molecule has 1 aromatic carbocycles. The van der Waals surface area contributed by atoms with E-state index in [9.17, 15) is 0 Å². The van der Waals surface area contributed by atoms with Crippen LogP contribution in [0.2, 0.25) is 0 Å². The molecule has 0 bridgehead atoms. The third-order valence-electron chi connectivity index (χ3n) is 1.66. The minimum absolute atomic E-state index is 0.598. The molecule has 0 spiro atoms. The molecule has 0 aliphatic carbocycles. The summed E-state index contributed by atoms with van der Waals surface area (Å²) in [7, 11) is 5.49. The molecule has 0 atom stereocenters. The quantitative estimate of drug-likeness (QED) is 0.556. The molecule has 0 heterocycles. The molecule has 0 saturated carbocycles. The van der Waals surface area contributed by atoms with Crippen LogP contribution in [0.5, 0.6) is 0 Å². The molecule has 2 radical (unpaired) electrons. The van der Waals surface area contributed by atoms with Crippen LogP contribution in [0.3, 0.4) is 0 Å². The lowest BCUT2D eigenvalue weighted by Crippen LogP contribution is -1.85. The Morgan fingerprint density at radius 2 is 2.27 bits per heavy atom. The summed E-state index contributed by atoms with van der Waals surface area (Å²) in [5.41, 5.74) is 3.42. The van der Waals surface area contributed by atoms with Crippen LogP contribution in [-0.2, 0) is 6.32 Å². The third-order valence-corrected chi connectivity index (χ3v) is 1.66. The number of rotatable bonds is 2. The van der Waals surface area contributed by atoms with Gasteiger partial charge in [-0.2, -0.15) is 0 Å². The highest BCUT2D eigenvalue weighted by atomic mass is 14.0. The fourth-order valence-electron chi connectivity index (χ4n) is 0.964. The van der Waals surface area contributed by atoms with Crippen LogP contribution in [-0.4, -0.2) is 7.85 Å². The Bertz CT molecular complexity index is 263. The van der Waals surface area contributed by atoms with E-state index in [1.54, 1.807) is 0 Å². The summed E-state index contributed by atoms with van der Waals surface area (Å²) < 4.78 is 0. The summed E-state index contributed by atoms with van der Waals surface area (Å²) >= 11 is 0. The maximum atomic E-state index is 5.49. The Hall–Kier alpha value is -0.975. The van der Waals surface area contributed by atoms with Crippen molar-refractivity contribution in [3.05, 3.63) is 42.0 Å². The van der Waals surface area contributed by atoms with Crippen LogP contribution in [0.1, 0.15) is 18.1 Å². The zero-order valence-electron chi connectivity index (χ0n) is 6.80. The van der Waals surface area contributed by atoms with Gasteiger partial charge in [0, 0.05) is 0 Å². The molecule has 1 aromatic rings. The van der Waals surface area contributed by atoms with Crippen molar-refractivity contribution in [3.8, 4) is 0 Å². The van der Waals surface area contributed by atoms with Gasteiger partial charge in [0.25, 0.3) is 0 Å². The zero-order chi connectivity index (χ0) is 8.27. The molecule has 0 amide bonds. The highest BCUT2D eigenvalue weighted by molar-refractivity contribution is 6.08. The molecule has 1 rings (SSSR count). The maximum Gasteiger partial charge on any atom is 0.0716 e. The lowest BCUT2D eigenvalue weighted by Gasteiger charge is -2.01. The van der Waals surface area contributed by atoms with Crippen molar-refractivity contribution < 1.29 is 0 Å². The Labute approximate surface area is 69.4 Å². The van der Waals surface area contributed by atoms with Gasteiger partial charge in [0.1, 0.15) is 0 Å². The molecule has 0 aliphatic rings. The van der Waals surface area contributed by atoms with E-state index < -0.39 is 0 Å². The van der Waals surface area contributed by atoms with Gasteiger partial charge >= 0.3 is 0 Å². The van der Waals surface area contributed by atoms with Gasteiger partial charge in [0.05, 0.1) is 7.85 Å². The molecule has 1 heteroatoms. The van der Waals surface area contributed by atoms with Crippen molar-refractivity contribution in [2.45, 2.75) is 13.2 Å². The van der Waals surface area contributed by atoms with E-state index in [4.69, 9.17) is 7.85 Å². The number of hydrogen-bond donors (Lipinski definition) is 0. The van der Waals surface area contributed by atoms with E-state index in [0.717, 1.165) is 11.1 Å². The van der Waals surface area contributed by atoms with Crippen LogP contribution in [0.25, 0.3) is 5.57 Å². The Morgan fingerprint density at radius 3 is 2.82 bits per heavy atom. The summed E-state index contributed by atoms with van der Waals surface area (Å²) in [4.78, 5) is 0. The largest absolute Gasteiger partial charge is 0.0955 e. The SMILES string of the molecule is [B]Cc1cccc(C(=C)C)c1. The first-order valence-electron chi connectivity index (χ1n) is 3.69.